The highest BCUT2D eigenvalue weighted by atomic mass is 16.2. The van der Waals surface area contributed by atoms with E-state index < -0.39 is 11.2 Å². The molecule has 0 saturated heterocycles. The molecule has 0 spiro atoms. The molecule has 0 bridgehead atoms. The molecule has 2 heterocycles. The molecule has 9 heteroatoms. The molecule has 1 amide bonds. The highest BCUT2D eigenvalue weighted by molar-refractivity contribution is 5.91. The lowest BCUT2D eigenvalue weighted by Crippen LogP contribution is -2.37. The quantitative estimate of drug-likeness (QED) is 0.651. The molecule has 1 N–H and O–H groups in total. The number of hydrogen-bond donors (Lipinski definition) is 1. The van der Waals surface area contributed by atoms with Crippen LogP contribution in [0.15, 0.2) is 58.8 Å². The fourth-order valence-electron chi connectivity index (χ4n) is 2.72. The summed E-state index contributed by atoms with van der Waals surface area (Å²) in [6.07, 6.45) is 7.15. The molecule has 0 fully saturated rings. The number of amides is 1. The molecule has 9 nitrogen and oxygen atoms in total. The Morgan fingerprint density at radius 1 is 1.18 bits per heavy atom. The molecule has 144 valence electrons. The molecule has 3 aromatic rings. The number of benzene rings is 1. The van der Waals surface area contributed by atoms with Gasteiger partial charge < -0.3 is 9.88 Å². The van der Waals surface area contributed by atoms with Crippen molar-refractivity contribution < 1.29 is 4.79 Å². The van der Waals surface area contributed by atoms with Crippen molar-refractivity contribution in [3.8, 4) is 5.69 Å². The van der Waals surface area contributed by atoms with Gasteiger partial charge in [-0.25, -0.2) is 14.5 Å². The lowest BCUT2D eigenvalue weighted by molar-refractivity contribution is -0.117. The summed E-state index contributed by atoms with van der Waals surface area (Å²) in [6, 6.07) is 7.33. The lowest BCUT2D eigenvalue weighted by Gasteiger charge is -2.13. The van der Waals surface area contributed by atoms with Gasteiger partial charge in [-0.2, -0.15) is 5.10 Å². The van der Waals surface area contributed by atoms with Gasteiger partial charge in [0.15, 0.2) is 0 Å². The van der Waals surface area contributed by atoms with Gasteiger partial charge in [-0.1, -0.05) is 12.1 Å². The minimum atomic E-state index is -0.455. The van der Waals surface area contributed by atoms with E-state index >= 15 is 0 Å². The zero-order valence-corrected chi connectivity index (χ0v) is 15.7. The average molecular weight is 380 g/mol. The van der Waals surface area contributed by atoms with E-state index in [1.807, 2.05) is 31.2 Å². The van der Waals surface area contributed by atoms with Crippen molar-refractivity contribution in [1.82, 2.24) is 29.2 Å². The van der Waals surface area contributed by atoms with Crippen LogP contribution in [0.25, 0.3) is 11.8 Å². The van der Waals surface area contributed by atoms with E-state index in [0.29, 0.717) is 0 Å². The molecule has 0 aliphatic heterocycles. The number of nitrogens with one attached hydrogen (secondary N) is 1. The van der Waals surface area contributed by atoms with E-state index in [-0.39, 0.29) is 17.5 Å². The van der Waals surface area contributed by atoms with Crippen LogP contribution in [0.3, 0.4) is 0 Å². The van der Waals surface area contributed by atoms with Crippen LogP contribution in [0.2, 0.25) is 0 Å². The van der Waals surface area contributed by atoms with Crippen molar-refractivity contribution in [1.29, 1.82) is 0 Å². The van der Waals surface area contributed by atoms with Crippen LogP contribution >= 0.6 is 0 Å². The third-order valence-corrected chi connectivity index (χ3v) is 4.32. The summed E-state index contributed by atoms with van der Waals surface area (Å²) in [5.74, 6) is -0.344. The Labute approximate surface area is 160 Å². The number of aryl methyl sites for hydroxylation is 1. The Hall–Kier alpha value is -3.75. The summed E-state index contributed by atoms with van der Waals surface area (Å²) in [5.41, 5.74) is 1.16. The Kier molecular flexibility index (Phi) is 5.35. The normalized spacial score (nSPS) is 12.2. The smallest absolute Gasteiger partial charge is 0.330 e. The Morgan fingerprint density at radius 3 is 2.54 bits per heavy atom. The summed E-state index contributed by atoms with van der Waals surface area (Å²) in [7, 11) is 2.94. The molecule has 2 aromatic heterocycles. The third-order valence-electron chi connectivity index (χ3n) is 4.32. The second-order valence-electron chi connectivity index (χ2n) is 6.34. The molecule has 0 saturated carbocycles. The SMILES string of the molecule is CC(NC(=O)/C=C/c1cn(C)c(=O)n(C)c1=O)c1ccc(-n2cncn2)cc1. The first kappa shape index (κ1) is 19.0. The van der Waals surface area contributed by atoms with Crippen LogP contribution in [0.1, 0.15) is 24.1 Å². The highest BCUT2D eigenvalue weighted by Crippen LogP contribution is 2.15. The van der Waals surface area contributed by atoms with Crippen molar-refractivity contribution in [2.45, 2.75) is 13.0 Å². The maximum atomic E-state index is 12.2. The van der Waals surface area contributed by atoms with Crippen LogP contribution in [0.5, 0.6) is 0 Å². The van der Waals surface area contributed by atoms with Gasteiger partial charge >= 0.3 is 5.69 Å². The maximum absolute atomic E-state index is 12.2. The number of nitrogens with zero attached hydrogens (tertiary/aromatic N) is 5. The van der Waals surface area contributed by atoms with Crippen molar-refractivity contribution in [3.63, 3.8) is 0 Å². The van der Waals surface area contributed by atoms with Gasteiger partial charge in [0, 0.05) is 26.4 Å². The first-order valence-corrected chi connectivity index (χ1v) is 8.57. The first-order chi connectivity index (χ1) is 13.4. The molecular formula is C19H20N6O3. The molecule has 0 radical (unpaired) electrons. The molecular weight excluding hydrogens is 360 g/mol. The summed E-state index contributed by atoms with van der Waals surface area (Å²) in [5, 5.41) is 6.91. The first-order valence-electron chi connectivity index (χ1n) is 8.57. The van der Waals surface area contributed by atoms with Crippen molar-refractivity contribution >= 4 is 12.0 Å². The summed E-state index contributed by atoms with van der Waals surface area (Å²) >= 11 is 0. The van der Waals surface area contributed by atoms with Gasteiger partial charge in [-0.05, 0) is 30.7 Å². The average Bonchev–Trinajstić information content (AvgIpc) is 3.23. The van der Waals surface area contributed by atoms with Gasteiger partial charge in [-0.15, -0.1) is 0 Å². The fourth-order valence-corrected chi connectivity index (χ4v) is 2.72. The monoisotopic (exact) mass is 380 g/mol. The number of carbonyl (C=O) groups is 1. The third kappa shape index (κ3) is 3.98. The Balaban J connectivity index is 1.69. The van der Waals surface area contributed by atoms with E-state index in [4.69, 9.17) is 0 Å². The standard InChI is InChI=1S/C19H20N6O3/c1-13(14-4-7-16(8-5-14)25-12-20-11-21-25)22-17(26)9-6-15-10-23(2)19(28)24(3)18(15)27/h4-13H,1-3H3,(H,22,26)/b9-6+. The zero-order valence-electron chi connectivity index (χ0n) is 15.7. The van der Waals surface area contributed by atoms with E-state index in [0.717, 1.165) is 15.8 Å². The second-order valence-corrected chi connectivity index (χ2v) is 6.34. The topological polar surface area (TPSA) is 104 Å². The minimum absolute atomic E-state index is 0.232. The van der Waals surface area contributed by atoms with Crippen molar-refractivity contribution in [3.05, 3.63) is 81.2 Å². The van der Waals surface area contributed by atoms with Crippen LogP contribution in [0, 0.1) is 0 Å². The predicted molar refractivity (Wildman–Crippen MR) is 104 cm³/mol. The number of hydrogen-bond acceptors (Lipinski definition) is 5. The molecule has 1 aromatic carbocycles. The van der Waals surface area contributed by atoms with Crippen LogP contribution < -0.4 is 16.6 Å². The fraction of sp³-hybridized carbons (Fsp3) is 0.211. The summed E-state index contributed by atoms with van der Waals surface area (Å²) in [4.78, 5) is 39.9. The summed E-state index contributed by atoms with van der Waals surface area (Å²) < 4.78 is 3.93. The van der Waals surface area contributed by atoms with E-state index in [1.54, 1.807) is 18.1 Å². The molecule has 28 heavy (non-hydrogen) atoms. The highest BCUT2D eigenvalue weighted by Gasteiger charge is 2.09. The molecule has 3 rings (SSSR count). The zero-order chi connectivity index (χ0) is 20.3. The van der Waals surface area contributed by atoms with Crippen LogP contribution in [-0.4, -0.2) is 29.8 Å². The van der Waals surface area contributed by atoms with Crippen LogP contribution in [0.4, 0.5) is 0 Å². The number of rotatable bonds is 5. The van der Waals surface area contributed by atoms with Gasteiger partial charge in [-0.3, -0.25) is 14.2 Å². The van der Waals surface area contributed by atoms with Gasteiger partial charge in [0.1, 0.15) is 12.7 Å². The Bertz CT molecular complexity index is 1120. The second kappa shape index (κ2) is 7.87. The van der Waals surface area contributed by atoms with E-state index in [1.165, 1.54) is 36.3 Å². The maximum Gasteiger partial charge on any atom is 0.330 e. The summed E-state index contributed by atoms with van der Waals surface area (Å²) in [6.45, 7) is 1.86. The molecule has 1 unspecified atom stereocenters. The lowest BCUT2D eigenvalue weighted by atomic mass is 10.1. The number of aromatic nitrogens is 5. The molecule has 0 aliphatic rings. The predicted octanol–water partition coefficient (Wildman–Crippen LogP) is 0.555. The van der Waals surface area contributed by atoms with Gasteiger partial charge in [0.05, 0.1) is 17.3 Å². The minimum Gasteiger partial charge on any atom is -0.346 e. The van der Waals surface area contributed by atoms with E-state index in [2.05, 4.69) is 15.4 Å². The van der Waals surface area contributed by atoms with Crippen molar-refractivity contribution in [2.24, 2.45) is 14.1 Å². The van der Waals surface area contributed by atoms with Crippen molar-refractivity contribution in [2.75, 3.05) is 0 Å². The molecule has 1 atom stereocenters. The largest absolute Gasteiger partial charge is 0.346 e. The van der Waals surface area contributed by atoms with Gasteiger partial charge in [0.25, 0.3) is 5.56 Å². The van der Waals surface area contributed by atoms with E-state index in [9.17, 15) is 14.4 Å². The number of carbonyl (C=O) groups excluding carboxylic acids is 1. The van der Waals surface area contributed by atoms with Crippen LogP contribution in [-0.2, 0) is 18.9 Å². The molecule has 0 aliphatic carbocycles. The van der Waals surface area contributed by atoms with Gasteiger partial charge in [0.2, 0.25) is 5.91 Å². The Morgan fingerprint density at radius 2 is 1.89 bits per heavy atom.